The van der Waals surface area contributed by atoms with E-state index in [0.717, 1.165) is 34.2 Å². The Hall–Kier alpha value is -3.48. The average Bonchev–Trinajstić information content (AvgIpc) is 2.67. The summed E-state index contributed by atoms with van der Waals surface area (Å²) in [5, 5.41) is 12.9. The molecule has 138 valence electrons. The first-order valence-electron chi connectivity index (χ1n) is 8.15. The highest BCUT2D eigenvalue weighted by Gasteiger charge is 2.19. The van der Waals surface area contributed by atoms with Gasteiger partial charge in [0.2, 0.25) is 5.82 Å². The summed E-state index contributed by atoms with van der Waals surface area (Å²) in [5.74, 6) is -0.627. The number of halogens is 1. The molecule has 0 radical (unpaired) electrons. The Morgan fingerprint density at radius 3 is 2.52 bits per heavy atom. The SMILES string of the molecule is COc1ccc2cc(CN(C)C(=O)c3ccc(F)c([N+](=O)[O-])c3)ccc2c1. The number of rotatable bonds is 5. The average molecular weight is 368 g/mol. The number of fused-ring (bicyclic) bond motifs is 1. The molecule has 1 amide bonds. The largest absolute Gasteiger partial charge is 0.497 e. The standard InChI is InChI=1S/C20H17FN2O4/c1-22(20(24)16-6-8-18(21)19(11-16)23(25)26)12-13-3-4-15-10-17(27-2)7-5-14(15)9-13/h3-11H,12H2,1-2H3. The monoisotopic (exact) mass is 368 g/mol. The van der Waals surface area contributed by atoms with Crippen molar-refractivity contribution in [2.45, 2.75) is 6.54 Å². The predicted octanol–water partition coefficient (Wildman–Crippen LogP) is 4.17. The van der Waals surface area contributed by atoms with Crippen LogP contribution in [0.2, 0.25) is 0 Å². The van der Waals surface area contributed by atoms with Crippen LogP contribution in [0.1, 0.15) is 15.9 Å². The van der Waals surface area contributed by atoms with Gasteiger partial charge in [-0.25, -0.2) is 0 Å². The van der Waals surface area contributed by atoms with Crippen molar-refractivity contribution in [2.75, 3.05) is 14.2 Å². The van der Waals surface area contributed by atoms with Crippen LogP contribution in [-0.2, 0) is 6.54 Å². The summed E-state index contributed by atoms with van der Waals surface area (Å²) in [5.41, 5.74) is 0.255. The van der Waals surface area contributed by atoms with Crippen LogP contribution in [0.5, 0.6) is 5.75 Å². The third kappa shape index (κ3) is 3.87. The van der Waals surface area contributed by atoms with Crippen LogP contribution in [0.4, 0.5) is 10.1 Å². The van der Waals surface area contributed by atoms with Gasteiger partial charge in [-0.3, -0.25) is 14.9 Å². The van der Waals surface area contributed by atoms with Gasteiger partial charge in [-0.05, 0) is 46.7 Å². The predicted molar refractivity (Wildman–Crippen MR) is 99.4 cm³/mol. The quantitative estimate of drug-likeness (QED) is 0.500. The molecule has 0 aliphatic carbocycles. The number of carbonyl (C=O) groups excluding carboxylic acids is 1. The molecule has 0 atom stereocenters. The van der Waals surface area contributed by atoms with Gasteiger partial charge in [0.25, 0.3) is 5.91 Å². The maximum absolute atomic E-state index is 13.5. The van der Waals surface area contributed by atoms with Crippen molar-refractivity contribution in [3.05, 3.63) is 81.7 Å². The van der Waals surface area contributed by atoms with E-state index in [4.69, 9.17) is 4.74 Å². The molecular formula is C20H17FN2O4. The Kier molecular flexibility index (Phi) is 5.03. The van der Waals surface area contributed by atoms with Gasteiger partial charge < -0.3 is 9.64 Å². The third-order valence-corrected chi connectivity index (χ3v) is 4.27. The minimum absolute atomic E-state index is 0.0659. The number of hydrogen-bond donors (Lipinski definition) is 0. The zero-order valence-corrected chi connectivity index (χ0v) is 14.8. The van der Waals surface area contributed by atoms with Crippen molar-refractivity contribution in [3.63, 3.8) is 0 Å². The number of hydrogen-bond acceptors (Lipinski definition) is 4. The summed E-state index contributed by atoms with van der Waals surface area (Å²) in [7, 11) is 3.20. The van der Waals surface area contributed by atoms with Crippen LogP contribution in [0.3, 0.4) is 0 Å². The van der Waals surface area contributed by atoms with Crippen molar-refractivity contribution < 1.29 is 18.8 Å². The minimum atomic E-state index is -0.968. The Labute approximate surface area is 154 Å². The second-order valence-corrected chi connectivity index (χ2v) is 6.13. The molecule has 0 aliphatic heterocycles. The van der Waals surface area contributed by atoms with E-state index < -0.39 is 22.3 Å². The van der Waals surface area contributed by atoms with Crippen LogP contribution >= 0.6 is 0 Å². The molecule has 0 N–H and O–H groups in total. The molecule has 0 saturated carbocycles. The lowest BCUT2D eigenvalue weighted by atomic mass is 10.1. The Morgan fingerprint density at radius 2 is 1.81 bits per heavy atom. The summed E-state index contributed by atoms with van der Waals surface area (Å²) in [6.45, 7) is 0.311. The molecule has 0 fully saturated rings. The maximum Gasteiger partial charge on any atom is 0.305 e. The molecule has 7 heteroatoms. The van der Waals surface area contributed by atoms with Crippen molar-refractivity contribution in [1.82, 2.24) is 4.90 Å². The molecule has 3 aromatic rings. The zero-order chi connectivity index (χ0) is 19.6. The number of ether oxygens (including phenoxy) is 1. The highest BCUT2D eigenvalue weighted by atomic mass is 19.1. The fraction of sp³-hybridized carbons (Fsp3) is 0.150. The maximum atomic E-state index is 13.5. The molecule has 3 rings (SSSR count). The van der Waals surface area contributed by atoms with Crippen LogP contribution in [0.15, 0.2) is 54.6 Å². The first-order valence-corrected chi connectivity index (χ1v) is 8.15. The molecule has 0 bridgehead atoms. The smallest absolute Gasteiger partial charge is 0.305 e. The molecular weight excluding hydrogens is 351 g/mol. The van der Waals surface area contributed by atoms with Crippen molar-refractivity contribution in [1.29, 1.82) is 0 Å². The second kappa shape index (κ2) is 7.41. The van der Waals surface area contributed by atoms with Gasteiger partial charge in [0.15, 0.2) is 0 Å². The molecule has 0 saturated heterocycles. The van der Waals surface area contributed by atoms with E-state index in [-0.39, 0.29) is 5.56 Å². The summed E-state index contributed by atoms with van der Waals surface area (Å²) in [6.07, 6.45) is 0. The third-order valence-electron chi connectivity index (χ3n) is 4.27. The van der Waals surface area contributed by atoms with Gasteiger partial charge in [-0.15, -0.1) is 0 Å². The van der Waals surface area contributed by atoms with E-state index in [0.29, 0.717) is 6.54 Å². The van der Waals surface area contributed by atoms with Crippen LogP contribution in [0.25, 0.3) is 10.8 Å². The first kappa shape index (κ1) is 18.3. The minimum Gasteiger partial charge on any atom is -0.497 e. The molecule has 0 spiro atoms. The highest BCUT2D eigenvalue weighted by molar-refractivity contribution is 5.94. The lowest BCUT2D eigenvalue weighted by molar-refractivity contribution is -0.387. The zero-order valence-electron chi connectivity index (χ0n) is 14.8. The molecule has 0 aliphatic rings. The fourth-order valence-electron chi connectivity index (χ4n) is 2.85. The summed E-state index contributed by atoms with van der Waals surface area (Å²) < 4.78 is 18.7. The van der Waals surface area contributed by atoms with Gasteiger partial charge in [0, 0.05) is 25.2 Å². The van der Waals surface area contributed by atoms with Gasteiger partial charge in [-0.2, -0.15) is 4.39 Å². The van der Waals surface area contributed by atoms with Crippen molar-refractivity contribution in [2.24, 2.45) is 0 Å². The van der Waals surface area contributed by atoms with E-state index in [1.165, 1.54) is 11.0 Å². The van der Waals surface area contributed by atoms with E-state index in [1.807, 2.05) is 36.4 Å². The Morgan fingerprint density at radius 1 is 1.11 bits per heavy atom. The number of methoxy groups -OCH3 is 1. The number of nitro groups is 1. The molecule has 0 heterocycles. The summed E-state index contributed by atoms with van der Waals surface area (Å²) in [4.78, 5) is 24.0. The van der Waals surface area contributed by atoms with Crippen molar-refractivity contribution in [3.8, 4) is 5.75 Å². The van der Waals surface area contributed by atoms with Gasteiger partial charge in [0.05, 0.1) is 12.0 Å². The topological polar surface area (TPSA) is 72.7 Å². The molecule has 27 heavy (non-hydrogen) atoms. The Balaban J connectivity index is 1.81. The fourth-order valence-corrected chi connectivity index (χ4v) is 2.85. The lowest BCUT2D eigenvalue weighted by Gasteiger charge is -2.18. The number of nitrogens with zero attached hydrogens (tertiary/aromatic N) is 2. The molecule has 3 aromatic carbocycles. The van der Waals surface area contributed by atoms with E-state index in [2.05, 4.69) is 0 Å². The van der Waals surface area contributed by atoms with Gasteiger partial charge >= 0.3 is 5.69 Å². The molecule has 0 aromatic heterocycles. The number of benzene rings is 3. The lowest BCUT2D eigenvalue weighted by Crippen LogP contribution is -2.26. The number of amides is 1. The highest BCUT2D eigenvalue weighted by Crippen LogP contribution is 2.23. The van der Waals surface area contributed by atoms with Gasteiger partial charge in [-0.1, -0.05) is 18.2 Å². The van der Waals surface area contributed by atoms with E-state index >= 15 is 0 Å². The van der Waals surface area contributed by atoms with Crippen LogP contribution in [-0.4, -0.2) is 29.9 Å². The Bertz CT molecular complexity index is 1040. The number of nitro benzene ring substituents is 1. The van der Waals surface area contributed by atoms with E-state index in [1.54, 1.807) is 14.2 Å². The van der Waals surface area contributed by atoms with Gasteiger partial charge in [0.1, 0.15) is 5.75 Å². The molecule has 0 unspecified atom stereocenters. The summed E-state index contributed by atoms with van der Waals surface area (Å²) >= 11 is 0. The second-order valence-electron chi connectivity index (χ2n) is 6.13. The van der Waals surface area contributed by atoms with E-state index in [9.17, 15) is 19.3 Å². The van der Waals surface area contributed by atoms with Crippen LogP contribution in [0, 0.1) is 15.9 Å². The first-order chi connectivity index (χ1) is 12.9. The molecule has 6 nitrogen and oxygen atoms in total. The van der Waals surface area contributed by atoms with Crippen LogP contribution < -0.4 is 4.74 Å². The van der Waals surface area contributed by atoms with Crippen molar-refractivity contribution >= 4 is 22.4 Å². The number of carbonyl (C=O) groups is 1. The normalized spacial score (nSPS) is 10.6. The summed E-state index contributed by atoms with van der Waals surface area (Å²) in [6, 6.07) is 14.7.